The summed E-state index contributed by atoms with van der Waals surface area (Å²) in [7, 11) is 0. The highest BCUT2D eigenvalue weighted by Crippen LogP contribution is 2.29. The number of nitro benzene ring substituents is 1. The van der Waals surface area contributed by atoms with E-state index in [0.29, 0.717) is 55.2 Å². The minimum absolute atomic E-state index is 0.0258. The SMILES string of the molecule is Cc1nc2nc(C(F)(F)F)nn2c(C)c1CCC(=O)N1CCN(c2ccccc2[N+](=O)[O-])CC1. The minimum Gasteiger partial charge on any atom is -0.362 e. The van der Waals surface area contributed by atoms with E-state index in [9.17, 15) is 28.1 Å². The molecule has 0 saturated carbocycles. The Labute approximate surface area is 192 Å². The molecule has 0 radical (unpaired) electrons. The molecule has 0 N–H and O–H groups in total. The zero-order chi connectivity index (χ0) is 24.6. The lowest BCUT2D eigenvalue weighted by molar-refractivity contribution is -0.384. The van der Waals surface area contributed by atoms with Crippen LogP contribution in [0.15, 0.2) is 24.3 Å². The molecule has 1 amide bonds. The number of piperazine rings is 1. The van der Waals surface area contributed by atoms with Gasteiger partial charge in [-0.05, 0) is 31.9 Å². The van der Waals surface area contributed by atoms with Gasteiger partial charge in [0.25, 0.3) is 17.3 Å². The first-order valence-electron chi connectivity index (χ1n) is 10.6. The molecule has 1 aromatic carbocycles. The number of alkyl halides is 3. The molecule has 1 fully saturated rings. The van der Waals surface area contributed by atoms with Crippen molar-refractivity contribution in [2.45, 2.75) is 32.9 Å². The third-order valence-electron chi connectivity index (χ3n) is 5.94. The van der Waals surface area contributed by atoms with Gasteiger partial charge in [0.15, 0.2) is 0 Å². The molecule has 0 unspecified atom stereocenters. The maximum absolute atomic E-state index is 13.0. The number of hydrogen-bond acceptors (Lipinski definition) is 7. The molecule has 180 valence electrons. The highest BCUT2D eigenvalue weighted by Gasteiger charge is 2.37. The van der Waals surface area contributed by atoms with Crippen LogP contribution in [-0.2, 0) is 17.4 Å². The van der Waals surface area contributed by atoms with Crippen LogP contribution >= 0.6 is 0 Å². The van der Waals surface area contributed by atoms with Crippen molar-refractivity contribution in [2.24, 2.45) is 0 Å². The summed E-state index contributed by atoms with van der Waals surface area (Å²) in [6.07, 6.45) is -4.22. The van der Waals surface area contributed by atoms with E-state index in [1.54, 1.807) is 36.9 Å². The molecule has 13 heteroatoms. The van der Waals surface area contributed by atoms with Crippen molar-refractivity contribution in [1.29, 1.82) is 0 Å². The van der Waals surface area contributed by atoms with Crippen molar-refractivity contribution in [3.05, 3.63) is 57.2 Å². The Bertz CT molecular complexity index is 1250. The van der Waals surface area contributed by atoms with Crippen LogP contribution in [0.3, 0.4) is 0 Å². The maximum Gasteiger partial charge on any atom is 0.453 e. The van der Waals surface area contributed by atoms with Crippen molar-refractivity contribution in [3.8, 4) is 0 Å². The first-order chi connectivity index (χ1) is 16.1. The zero-order valence-electron chi connectivity index (χ0n) is 18.5. The van der Waals surface area contributed by atoms with Gasteiger partial charge in [0.05, 0.1) is 4.92 Å². The Kier molecular flexibility index (Phi) is 6.11. The van der Waals surface area contributed by atoms with Crippen LogP contribution in [0.1, 0.15) is 29.2 Å². The van der Waals surface area contributed by atoms with Gasteiger partial charge >= 0.3 is 6.18 Å². The van der Waals surface area contributed by atoms with Crippen LogP contribution in [0.4, 0.5) is 24.5 Å². The minimum atomic E-state index is -4.67. The number of aromatic nitrogens is 4. The van der Waals surface area contributed by atoms with Gasteiger partial charge in [-0.1, -0.05) is 12.1 Å². The van der Waals surface area contributed by atoms with Gasteiger partial charge in [0, 0.05) is 50.1 Å². The Morgan fingerprint density at radius 3 is 2.44 bits per heavy atom. The van der Waals surface area contributed by atoms with Crippen LogP contribution in [0.5, 0.6) is 0 Å². The van der Waals surface area contributed by atoms with Crippen molar-refractivity contribution in [2.75, 3.05) is 31.1 Å². The summed E-state index contributed by atoms with van der Waals surface area (Å²) >= 11 is 0. The first-order valence-corrected chi connectivity index (χ1v) is 10.6. The fraction of sp³-hybridized carbons (Fsp3) is 0.429. The number of carbonyl (C=O) groups excluding carboxylic acids is 1. The number of anilines is 1. The highest BCUT2D eigenvalue weighted by molar-refractivity contribution is 5.77. The van der Waals surface area contributed by atoms with E-state index in [2.05, 4.69) is 15.1 Å². The standard InChI is InChI=1S/C21H22F3N7O3/c1-13-15(14(2)30-20(25-13)26-19(27-30)21(22,23)24)7-8-18(32)29-11-9-28(10-12-29)16-5-3-4-6-17(16)31(33)34/h3-6H,7-12H2,1-2H3. The number of para-hydroxylation sites is 2. The lowest BCUT2D eigenvalue weighted by atomic mass is 10.1. The molecule has 4 rings (SSSR count). The molecular weight excluding hydrogens is 455 g/mol. The number of benzene rings is 1. The summed E-state index contributed by atoms with van der Waals surface area (Å²) in [5, 5.41) is 14.8. The summed E-state index contributed by atoms with van der Waals surface area (Å²) in [5.41, 5.74) is 2.16. The van der Waals surface area contributed by atoms with Crippen LogP contribution in [-0.4, -0.2) is 61.5 Å². The number of aryl methyl sites for hydroxylation is 2. The van der Waals surface area contributed by atoms with E-state index in [0.717, 1.165) is 4.52 Å². The Morgan fingerprint density at radius 2 is 1.79 bits per heavy atom. The van der Waals surface area contributed by atoms with Crippen LogP contribution in [0.25, 0.3) is 5.78 Å². The molecule has 1 saturated heterocycles. The van der Waals surface area contributed by atoms with Crippen molar-refractivity contribution in [1.82, 2.24) is 24.5 Å². The molecule has 0 bridgehead atoms. The number of halogens is 3. The monoisotopic (exact) mass is 477 g/mol. The van der Waals surface area contributed by atoms with Crippen LogP contribution in [0, 0.1) is 24.0 Å². The van der Waals surface area contributed by atoms with E-state index < -0.39 is 16.9 Å². The number of nitro groups is 1. The summed E-state index contributed by atoms with van der Waals surface area (Å²) < 4.78 is 39.9. The predicted molar refractivity (Wildman–Crippen MR) is 115 cm³/mol. The molecule has 10 nitrogen and oxygen atoms in total. The number of rotatable bonds is 5. The zero-order valence-corrected chi connectivity index (χ0v) is 18.5. The van der Waals surface area contributed by atoms with E-state index in [1.165, 1.54) is 6.07 Å². The second-order valence-electron chi connectivity index (χ2n) is 8.02. The second kappa shape index (κ2) is 8.88. The lowest BCUT2D eigenvalue weighted by Gasteiger charge is -2.36. The largest absolute Gasteiger partial charge is 0.453 e. The highest BCUT2D eigenvalue weighted by atomic mass is 19.4. The molecule has 34 heavy (non-hydrogen) atoms. The molecule has 0 aliphatic carbocycles. The Balaban J connectivity index is 1.41. The van der Waals surface area contributed by atoms with Crippen LogP contribution < -0.4 is 4.90 Å². The van der Waals surface area contributed by atoms with Gasteiger partial charge in [0.2, 0.25) is 5.91 Å². The number of hydrogen-bond donors (Lipinski definition) is 0. The number of amides is 1. The summed E-state index contributed by atoms with van der Waals surface area (Å²) in [6.45, 7) is 5.04. The summed E-state index contributed by atoms with van der Waals surface area (Å²) in [4.78, 5) is 34.8. The number of nitrogens with zero attached hydrogens (tertiary/aromatic N) is 7. The smallest absolute Gasteiger partial charge is 0.362 e. The fourth-order valence-electron chi connectivity index (χ4n) is 4.16. The van der Waals surface area contributed by atoms with Crippen LogP contribution in [0.2, 0.25) is 0 Å². The summed E-state index contributed by atoms with van der Waals surface area (Å²) in [6, 6.07) is 6.50. The molecule has 1 aliphatic rings. The first kappa shape index (κ1) is 23.4. The molecule has 3 heterocycles. The van der Waals surface area contributed by atoms with E-state index in [-0.39, 0.29) is 23.8 Å². The van der Waals surface area contributed by atoms with E-state index in [1.807, 2.05) is 4.90 Å². The average molecular weight is 477 g/mol. The molecule has 1 aliphatic heterocycles. The molecule has 0 atom stereocenters. The van der Waals surface area contributed by atoms with Gasteiger partial charge in [0.1, 0.15) is 5.69 Å². The lowest BCUT2D eigenvalue weighted by Crippen LogP contribution is -2.49. The Hall–Kier alpha value is -3.77. The van der Waals surface area contributed by atoms with Crippen molar-refractivity contribution in [3.63, 3.8) is 0 Å². The third kappa shape index (κ3) is 4.50. The number of fused-ring (bicyclic) bond motifs is 1. The fourth-order valence-corrected chi connectivity index (χ4v) is 4.16. The topological polar surface area (TPSA) is 110 Å². The van der Waals surface area contributed by atoms with Crippen molar-refractivity contribution < 1.29 is 22.9 Å². The normalized spacial score (nSPS) is 14.6. The van der Waals surface area contributed by atoms with Gasteiger partial charge in [-0.25, -0.2) is 9.50 Å². The average Bonchev–Trinajstić information content (AvgIpc) is 3.24. The van der Waals surface area contributed by atoms with Gasteiger partial charge in [-0.15, -0.1) is 5.10 Å². The maximum atomic E-state index is 13.0. The second-order valence-corrected chi connectivity index (χ2v) is 8.02. The Morgan fingerprint density at radius 1 is 1.12 bits per heavy atom. The predicted octanol–water partition coefficient (Wildman–Crippen LogP) is 2.95. The van der Waals surface area contributed by atoms with E-state index in [4.69, 9.17) is 0 Å². The molecular formula is C21H22F3N7O3. The van der Waals surface area contributed by atoms with Gasteiger partial charge in [-0.2, -0.15) is 18.2 Å². The molecule has 2 aromatic heterocycles. The quantitative estimate of drug-likeness (QED) is 0.410. The van der Waals surface area contributed by atoms with Gasteiger partial charge < -0.3 is 9.80 Å². The van der Waals surface area contributed by atoms with E-state index >= 15 is 0 Å². The summed E-state index contributed by atoms with van der Waals surface area (Å²) in [5.74, 6) is -1.49. The molecule has 3 aromatic rings. The third-order valence-corrected chi connectivity index (χ3v) is 5.94. The van der Waals surface area contributed by atoms with Crippen molar-refractivity contribution >= 4 is 23.1 Å². The van der Waals surface area contributed by atoms with Gasteiger partial charge in [-0.3, -0.25) is 14.9 Å². The molecule has 0 spiro atoms. The number of carbonyl (C=O) groups is 1.